The van der Waals surface area contributed by atoms with Crippen LogP contribution in [0.15, 0.2) is 5.10 Å². The first-order chi connectivity index (χ1) is 4.77. The number of hydrogen-bond donors (Lipinski definition) is 1. The lowest BCUT2D eigenvalue weighted by Crippen LogP contribution is -1.91. The van der Waals surface area contributed by atoms with E-state index in [1.807, 2.05) is 0 Å². The van der Waals surface area contributed by atoms with Crippen LogP contribution in [0.25, 0.3) is 0 Å². The van der Waals surface area contributed by atoms with Gasteiger partial charge < -0.3 is 5.73 Å². The maximum absolute atomic E-state index is 5.73. The van der Waals surface area contributed by atoms with Gasteiger partial charge in [0.05, 0.1) is 6.21 Å². The Morgan fingerprint density at radius 2 is 2.50 bits per heavy atom. The molecule has 0 bridgehead atoms. The van der Waals surface area contributed by atoms with Crippen molar-refractivity contribution in [2.24, 2.45) is 5.10 Å². The predicted molar refractivity (Wildman–Crippen MR) is 36.9 cm³/mol. The van der Waals surface area contributed by atoms with Gasteiger partial charge in [0, 0.05) is 0 Å². The molecule has 0 spiro atoms. The van der Waals surface area contributed by atoms with E-state index in [0.717, 1.165) is 0 Å². The summed E-state index contributed by atoms with van der Waals surface area (Å²) in [5.41, 5.74) is 5.28. The van der Waals surface area contributed by atoms with Crippen LogP contribution >= 0.6 is 11.6 Å². The highest BCUT2D eigenvalue weighted by Gasteiger charge is 2.19. The number of anilines is 1. The first kappa shape index (κ1) is 5.67. The zero-order chi connectivity index (χ0) is 7.14. The third kappa shape index (κ3) is 0.607. The second kappa shape index (κ2) is 1.69. The van der Waals surface area contributed by atoms with Gasteiger partial charge in [-0.25, -0.2) is 0 Å². The van der Waals surface area contributed by atoms with Crippen molar-refractivity contribution in [1.82, 2.24) is 14.9 Å². The summed E-state index contributed by atoms with van der Waals surface area (Å²) >= 11 is 5.73. The third-order valence-electron chi connectivity index (χ3n) is 1.18. The topological polar surface area (TPSA) is 69.1 Å². The molecule has 2 heterocycles. The lowest BCUT2D eigenvalue weighted by atomic mass is 10.4. The summed E-state index contributed by atoms with van der Waals surface area (Å²) < 4.78 is 0. The Balaban J connectivity index is 2.58. The van der Waals surface area contributed by atoms with Gasteiger partial charge in [-0.3, -0.25) is 0 Å². The van der Waals surface area contributed by atoms with Gasteiger partial charge in [0.2, 0.25) is 5.95 Å². The van der Waals surface area contributed by atoms with Crippen LogP contribution in [0, 0.1) is 0 Å². The summed E-state index contributed by atoms with van der Waals surface area (Å²) in [6, 6.07) is 0. The van der Waals surface area contributed by atoms with E-state index < -0.39 is 0 Å². The molecule has 1 aromatic heterocycles. The first-order valence-corrected chi connectivity index (χ1v) is 3.12. The van der Waals surface area contributed by atoms with Crippen molar-refractivity contribution in [3.63, 3.8) is 0 Å². The number of fused-ring (bicyclic) bond motifs is 1. The summed E-state index contributed by atoms with van der Waals surface area (Å²) in [6.07, 6.45) is 1.55. The minimum absolute atomic E-state index is 0.206. The zero-order valence-corrected chi connectivity index (χ0v) is 5.65. The van der Waals surface area contributed by atoms with Gasteiger partial charge in [-0.15, -0.1) is 21.5 Å². The molecule has 1 aliphatic heterocycles. The highest BCUT2D eigenvalue weighted by Crippen LogP contribution is 2.21. The second-order valence-electron chi connectivity index (χ2n) is 1.88. The van der Waals surface area contributed by atoms with Crippen LogP contribution in [0.3, 0.4) is 0 Å². The molecule has 52 valence electrons. The molecule has 1 unspecified atom stereocenters. The first-order valence-electron chi connectivity index (χ1n) is 2.68. The summed E-state index contributed by atoms with van der Waals surface area (Å²) in [4.78, 5) is 5.17. The van der Waals surface area contributed by atoms with Gasteiger partial charge in [0.1, 0.15) is 5.38 Å². The minimum Gasteiger partial charge on any atom is -0.366 e. The van der Waals surface area contributed by atoms with Crippen molar-refractivity contribution in [1.29, 1.82) is 0 Å². The van der Waals surface area contributed by atoms with E-state index in [9.17, 15) is 0 Å². The molecule has 2 rings (SSSR count). The molecule has 0 saturated heterocycles. The number of halogens is 1. The van der Waals surface area contributed by atoms with Crippen LogP contribution in [0.4, 0.5) is 5.95 Å². The molecule has 6 heteroatoms. The molecule has 1 atom stereocenters. The predicted octanol–water partition coefficient (Wildman–Crippen LogP) is -0.0123. The molecule has 0 radical (unpaired) electrons. The fourth-order valence-corrected chi connectivity index (χ4v) is 0.964. The number of nitrogens with zero attached hydrogens (tertiary/aromatic N) is 4. The molecule has 0 saturated carbocycles. The summed E-state index contributed by atoms with van der Waals surface area (Å²) in [6.45, 7) is 0. The maximum Gasteiger partial charge on any atom is 0.242 e. The van der Waals surface area contributed by atoms with E-state index >= 15 is 0 Å². The van der Waals surface area contributed by atoms with Crippen molar-refractivity contribution in [2.75, 3.05) is 5.73 Å². The standard InChI is InChI=1S/C4H4ClN5/c5-2-1-7-10-3(2)8-4(6)9-10/h1-2H,(H2,6,9). The van der Waals surface area contributed by atoms with Gasteiger partial charge in [0.15, 0.2) is 5.82 Å². The minimum atomic E-state index is -0.287. The van der Waals surface area contributed by atoms with E-state index in [-0.39, 0.29) is 11.3 Å². The molecule has 0 amide bonds. The van der Waals surface area contributed by atoms with E-state index in [1.165, 1.54) is 4.79 Å². The van der Waals surface area contributed by atoms with Crippen molar-refractivity contribution in [2.45, 2.75) is 5.38 Å². The molecular formula is C4H4ClN5. The zero-order valence-electron chi connectivity index (χ0n) is 4.90. The lowest BCUT2D eigenvalue weighted by molar-refractivity contribution is 0.733. The number of rotatable bonds is 0. The molecule has 1 aromatic rings. The largest absolute Gasteiger partial charge is 0.366 e. The van der Waals surface area contributed by atoms with Gasteiger partial charge in [-0.05, 0) is 0 Å². The highest BCUT2D eigenvalue weighted by molar-refractivity contribution is 6.28. The van der Waals surface area contributed by atoms with E-state index in [4.69, 9.17) is 17.3 Å². The van der Waals surface area contributed by atoms with Crippen LogP contribution < -0.4 is 5.73 Å². The average Bonchev–Trinajstić information content (AvgIpc) is 2.35. The number of nitrogens with two attached hydrogens (primary N) is 1. The Morgan fingerprint density at radius 1 is 1.70 bits per heavy atom. The average molecular weight is 158 g/mol. The summed E-state index contributed by atoms with van der Waals surface area (Å²) in [5.74, 6) is 0.789. The van der Waals surface area contributed by atoms with E-state index in [0.29, 0.717) is 5.82 Å². The van der Waals surface area contributed by atoms with Crippen LogP contribution in [0.1, 0.15) is 11.2 Å². The Kier molecular flexibility index (Phi) is 0.960. The molecule has 10 heavy (non-hydrogen) atoms. The lowest BCUT2D eigenvalue weighted by Gasteiger charge is -1.87. The molecule has 1 aliphatic rings. The summed E-state index contributed by atoms with van der Waals surface area (Å²) in [7, 11) is 0. The second-order valence-corrected chi connectivity index (χ2v) is 2.35. The fourth-order valence-electron chi connectivity index (χ4n) is 0.778. The third-order valence-corrected chi connectivity index (χ3v) is 1.49. The Morgan fingerprint density at radius 3 is 3.20 bits per heavy atom. The van der Waals surface area contributed by atoms with Gasteiger partial charge in [0.25, 0.3) is 0 Å². The van der Waals surface area contributed by atoms with Crippen LogP contribution in [-0.2, 0) is 0 Å². The van der Waals surface area contributed by atoms with Gasteiger partial charge in [-0.1, -0.05) is 0 Å². The fraction of sp³-hybridized carbons (Fsp3) is 0.250. The van der Waals surface area contributed by atoms with Crippen molar-refractivity contribution in [3.05, 3.63) is 5.82 Å². The number of nitrogen functional groups attached to an aromatic ring is 1. The van der Waals surface area contributed by atoms with Crippen LogP contribution in [-0.4, -0.2) is 21.1 Å². The van der Waals surface area contributed by atoms with Crippen LogP contribution in [0.5, 0.6) is 0 Å². The van der Waals surface area contributed by atoms with Crippen molar-refractivity contribution < 1.29 is 0 Å². The van der Waals surface area contributed by atoms with Gasteiger partial charge in [-0.2, -0.15) is 10.1 Å². The monoisotopic (exact) mass is 157 g/mol. The smallest absolute Gasteiger partial charge is 0.242 e. The molecule has 5 nitrogen and oxygen atoms in total. The Hall–Kier alpha value is -1.10. The van der Waals surface area contributed by atoms with Gasteiger partial charge >= 0.3 is 0 Å². The maximum atomic E-state index is 5.73. The SMILES string of the molecule is Nc1nc2n(n1)N=CC2Cl. The Labute approximate surface area is 61.5 Å². The van der Waals surface area contributed by atoms with Crippen molar-refractivity contribution >= 4 is 23.8 Å². The quantitative estimate of drug-likeness (QED) is 0.539. The van der Waals surface area contributed by atoms with E-state index in [1.54, 1.807) is 6.21 Å². The van der Waals surface area contributed by atoms with Crippen LogP contribution in [0.2, 0.25) is 0 Å². The van der Waals surface area contributed by atoms with Crippen molar-refractivity contribution in [3.8, 4) is 0 Å². The highest BCUT2D eigenvalue weighted by atomic mass is 35.5. The Bertz CT molecular complexity index is 290. The number of alkyl halides is 1. The molecule has 2 N–H and O–H groups in total. The number of aromatic nitrogens is 3. The normalized spacial score (nSPS) is 21.5. The molecule has 0 aliphatic carbocycles. The molecule has 0 fully saturated rings. The van der Waals surface area contributed by atoms with E-state index in [2.05, 4.69) is 15.2 Å². The molecule has 0 aromatic carbocycles. The summed E-state index contributed by atoms with van der Waals surface area (Å²) in [5, 5.41) is 7.26. The molecular weight excluding hydrogens is 154 g/mol. The number of hydrogen-bond acceptors (Lipinski definition) is 4.